The molecule has 6 heteroatoms. The minimum Gasteiger partial charge on any atom is -0.341 e. The number of aromatic nitrogens is 3. The first-order valence-electron chi connectivity index (χ1n) is 10.5. The average molecular weight is 422 g/mol. The van der Waals surface area contributed by atoms with Crippen molar-refractivity contribution < 1.29 is 4.79 Å². The highest BCUT2D eigenvalue weighted by Crippen LogP contribution is 2.22. The molecule has 0 radical (unpaired) electrons. The Morgan fingerprint density at radius 3 is 2.09 bits per heavy atom. The molecule has 1 atom stereocenters. The van der Waals surface area contributed by atoms with Crippen LogP contribution in [0, 0.1) is 0 Å². The number of carbonyl (C=O) groups is 1. The van der Waals surface area contributed by atoms with E-state index in [0.717, 1.165) is 22.4 Å². The van der Waals surface area contributed by atoms with E-state index < -0.39 is 0 Å². The normalized spacial score (nSPS) is 12.2. The van der Waals surface area contributed by atoms with Crippen molar-refractivity contribution in [2.75, 3.05) is 0 Å². The van der Waals surface area contributed by atoms with Gasteiger partial charge in [0.1, 0.15) is 18.4 Å². The monoisotopic (exact) mass is 422 g/mol. The minimum absolute atomic E-state index is 0.0250. The highest BCUT2D eigenvalue weighted by molar-refractivity contribution is 5.94. The van der Waals surface area contributed by atoms with Crippen molar-refractivity contribution in [3.63, 3.8) is 0 Å². The lowest BCUT2D eigenvalue weighted by Gasteiger charge is -2.21. The predicted molar refractivity (Wildman–Crippen MR) is 125 cm³/mol. The molecule has 158 valence electrons. The van der Waals surface area contributed by atoms with Crippen molar-refractivity contribution in [2.24, 2.45) is 7.05 Å². The summed E-state index contributed by atoms with van der Waals surface area (Å²) in [4.78, 5) is 30.7. The molecule has 1 N–H and O–H groups in total. The van der Waals surface area contributed by atoms with Crippen LogP contribution in [0.3, 0.4) is 0 Å². The third-order valence-electron chi connectivity index (χ3n) is 5.74. The van der Waals surface area contributed by atoms with Gasteiger partial charge in [-0.15, -0.1) is 0 Å². The van der Waals surface area contributed by atoms with Crippen molar-refractivity contribution in [2.45, 2.75) is 12.6 Å². The van der Waals surface area contributed by atoms with Crippen LogP contribution in [0.15, 0.2) is 96.1 Å². The lowest BCUT2D eigenvalue weighted by atomic mass is 10.1. The number of carbonyl (C=O) groups excluding carboxylic acids is 1. The molecule has 32 heavy (non-hydrogen) atoms. The van der Waals surface area contributed by atoms with Crippen LogP contribution < -0.4 is 10.7 Å². The Hall–Kier alpha value is -4.19. The summed E-state index contributed by atoms with van der Waals surface area (Å²) >= 11 is 0. The number of benzene rings is 3. The fraction of sp³-hybridized carbons (Fsp3) is 0.115. The van der Waals surface area contributed by atoms with Crippen LogP contribution in [-0.4, -0.2) is 20.0 Å². The average Bonchev–Trinajstić information content (AvgIpc) is 3.26. The van der Waals surface area contributed by atoms with Gasteiger partial charge in [0.05, 0.1) is 11.0 Å². The molecule has 2 aromatic heterocycles. The number of imidazole rings is 1. The van der Waals surface area contributed by atoms with Gasteiger partial charge in [-0.1, -0.05) is 54.6 Å². The summed E-state index contributed by atoms with van der Waals surface area (Å²) in [5.41, 5.74) is 2.40. The van der Waals surface area contributed by atoms with Crippen LogP contribution in [0.25, 0.3) is 21.8 Å². The molecule has 0 spiro atoms. The number of hydrogen-bond donors (Lipinski definition) is 1. The molecule has 6 nitrogen and oxygen atoms in total. The van der Waals surface area contributed by atoms with E-state index in [1.54, 1.807) is 18.3 Å². The third-order valence-corrected chi connectivity index (χ3v) is 5.74. The zero-order valence-electron chi connectivity index (χ0n) is 17.6. The second-order valence-corrected chi connectivity index (χ2v) is 7.76. The van der Waals surface area contributed by atoms with Gasteiger partial charge in [-0.05, 0) is 29.8 Å². The molecular formula is C26H22N4O2. The Balaban J connectivity index is 1.57. The highest BCUT2D eigenvalue weighted by atomic mass is 16.2. The quantitative estimate of drug-likeness (QED) is 0.438. The summed E-state index contributed by atoms with van der Waals surface area (Å²) in [7, 11) is 1.91. The third kappa shape index (κ3) is 3.46. The molecule has 1 unspecified atom stereocenters. The maximum atomic E-state index is 13.3. The van der Waals surface area contributed by atoms with Gasteiger partial charge in [-0.2, -0.15) is 0 Å². The Morgan fingerprint density at radius 1 is 0.906 bits per heavy atom. The first kappa shape index (κ1) is 19.8. The van der Waals surface area contributed by atoms with E-state index in [1.165, 1.54) is 0 Å². The van der Waals surface area contributed by atoms with Crippen molar-refractivity contribution in [3.8, 4) is 0 Å². The smallest absolute Gasteiger partial charge is 0.240 e. The second kappa shape index (κ2) is 8.15. The van der Waals surface area contributed by atoms with E-state index in [0.29, 0.717) is 10.8 Å². The Bertz CT molecular complexity index is 1420. The van der Waals surface area contributed by atoms with Crippen LogP contribution in [-0.2, 0) is 18.4 Å². The zero-order chi connectivity index (χ0) is 22.1. The number of pyridine rings is 1. The maximum Gasteiger partial charge on any atom is 0.240 e. The Kier molecular flexibility index (Phi) is 5.03. The number of para-hydroxylation sites is 2. The summed E-state index contributed by atoms with van der Waals surface area (Å²) in [5.74, 6) is 0.583. The van der Waals surface area contributed by atoms with Gasteiger partial charge in [-0.25, -0.2) is 4.98 Å². The molecule has 2 heterocycles. The number of aryl methyl sites for hydroxylation is 1. The number of fused-ring (bicyclic) bond motifs is 2. The van der Waals surface area contributed by atoms with E-state index in [4.69, 9.17) is 0 Å². The standard InChI is InChI=1S/C26H22N4O2/c1-29-16-15-27-26(29)24(18-9-3-2-4-10-18)28-23(31)17-30-21-13-7-5-11-19(21)25(32)20-12-6-8-14-22(20)30/h2-16,24H,17H2,1H3,(H,28,31). The first-order chi connectivity index (χ1) is 15.6. The molecule has 0 bridgehead atoms. The van der Waals surface area contributed by atoms with Crippen molar-refractivity contribution in [3.05, 3.63) is 113 Å². The summed E-state index contributed by atoms with van der Waals surface area (Å²) in [6.45, 7) is 0.0784. The van der Waals surface area contributed by atoms with E-state index in [-0.39, 0.29) is 23.9 Å². The second-order valence-electron chi connectivity index (χ2n) is 7.76. The molecule has 0 aliphatic carbocycles. The number of rotatable bonds is 5. The zero-order valence-corrected chi connectivity index (χ0v) is 17.6. The predicted octanol–water partition coefficient (Wildman–Crippen LogP) is 3.79. The van der Waals surface area contributed by atoms with E-state index in [1.807, 2.05) is 89.1 Å². The summed E-state index contributed by atoms with van der Waals surface area (Å²) < 4.78 is 3.81. The van der Waals surface area contributed by atoms with E-state index in [9.17, 15) is 9.59 Å². The van der Waals surface area contributed by atoms with Gasteiger partial charge < -0.3 is 14.5 Å². The maximum absolute atomic E-state index is 13.3. The largest absolute Gasteiger partial charge is 0.341 e. The molecule has 3 aromatic carbocycles. The lowest BCUT2D eigenvalue weighted by molar-refractivity contribution is -0.122. The fourth-order valence-electron chi connectivity index (χ4n) is 4.20. The summed E-state index contributed by atoms with van der Waals surface area (Å²) in [6.07, 6.45) is 3.58. The summed E-state index contributed by atoms with van der Waals surface area (Å²) in [6, 6.07) is 24.2. The SMILES string of the molecule is Cn1ccnc1C(NC(=O)Cn1c2ccccc2c(=O)c2ccccc21)c1ccccc1. The molecule has 0 aliphatic heterocycles. The Morgan fingerprint density at radius 2 is 1.50 bits per heavy atom. The number of amides is 1. The highest BCUT2D eigenvalue weighted by Gasteiger charge is 2.21. The van der Waals surface area contributed by atoms with Crippen LogP contribution in [0.1, 0.15) is 17.4 Å². The molecule has 0 saturated heterocycles. The van der Waals surface area contributed by atoms with E-state index >= 15 is 0 Å². The van der Waals surface area contributed by atoms with E-state index in [2.05, 4.69) is 10.3 Å². The van der Waals surface area contributed by atoms with Crippen molar-refractivity contribution in [1.29, 1.82) is 0 Å². The minimum atomic E-state index is -0.388. The van der Waals surface area contributed by atoms with Crippen LogP contribution >= 0.6 is 0 Å². The van der Waals surface area contributed by atoms with Gasteiger partial charge in [0, 0.05) is 30.2 Å². The number of hydrogen-bond acceptors (Lipinski definition) is 3. The topological polar surface area (TPSA) is 68.9 Å². The molecule has 0 saturated carbocycles. The van der Waals surface area contributed by atoms with Gasteiger partial charge in [0.2, 0.25) is 5.91 Å². The van der Waals surface area contributed by atoms with Gasteiger partial charge in [0.25, 0.3) is 0 Å². The molecular weight excluding hydrogens is 400 g/mol. The molecule has 5 aromatic rings. The first-order valence-corrected chi connectivity index (χ1v) is 10.5. The molecule has 0 fully saturated rings. The van der Waals surface area contributed by atoms with Gasteiger partial charge in [-0.3, -0.25) is 9.59 Å². The van der Waals surface area contributed by atoms with Crippen molar-refractivity contribution >= 4 is 27.7 Å². The van der Waals surface area contributed by atoms with Gasteiger partial charge >= 0.3 is 0 Å². The van der Waals surface area contributed by atoms with Crippen LogP contribution in [0.4, 0.5) is 0 Å². The van der Waals surface area contributed by atoms with Gasteiger partial charge in [0.15, 0.2) is 5.43 Å². The van der Waals surface area contributed by atoms with Crippen LogP contribution in [0.2, 0.25) is 0 Å². The number of nitrogens with zero attached hydrogens (tertiary/aromatic N) is 3. The number of nitrogens with one attached hydrogen (secondary N) is 1. The molecule has 5 rings (SSSR count). The Labute approximate surface area is 184 Å². The summed E-state index contributed by atoms with van der Waals surface area (Å²) in [5, 5.41) is 4.35. The van der Waals surface area contributed by atoms with Crippen LogP contribution in [0.5, 0.6) is 0 Å². The fourth-order valence-corrected chi connectivity index (χ4v) is 4.20. The molecule has 0 aliphatic rings. The van der Waals surface area contributed by atoms with Crippen molar-refractivity contribution in [1.82, 2.24) is 19.4 Å². The lowest BCUT2D eigenvalue weighted by Crippen LogP contribution is -2.34. The molecule has 1 amide bonds.